The highest BCUT2D eigenvalue weighted by Gasteiger charge is 2.59. The van der Waals surface area contributed by atoms with E-state index >= 15 is 0 Å². The highest BCUT2D eigenvalue weighted by molar-refractivity contribution is 6.04. The molecule has 1 amide bonds. The van der Waals surface area contributed by atoms with Crippen molar-refractivity contribution >= 4 is 11.6 Å². The van der Waals surface area contributed by atoms with Gasteiger partial charge in [0.25, 0.3) is 0 Å². The molecule has 3 nitrogen and oxygen atoms in total. The molecule has 0 radical (unpaired) electrons. The van der Waals surface area contributed by atoms with Gasteiger partial charge in [0.05, 0.1) is 0 Å². The summed E-state index contributed by atoms with van der Waals surface area (Å²) in [5.74, 6) is -2.01. The van der Waals surface area contributed by atoms with Crippen LogP contribution < -0.4 is 5.32 Å². The van der Waals surface area contributed by atoms with Gasteiger partial charge in [-0.2, -0.15) is 13.2 Å². The number of amides is 1. The molecule has 0 unspecified atom stereocenters. The van der Waals surface area contributed by atoms with E-state index in [-0.39, 0.29) is 11.3 Å². The van der Waals surface area contributed by atoms with Crippen LogP contribution in [-0.4, -0.2) is 23.5 Å². The highest BCUT2D eigenvalue weighted by atomic mass is 19.4. The van der Waals surface area contributed by atoms with Crippen LogP contribution in [0.5, 0.6) is 0 Å². The molecule has 20 heavy (non-hydrogen) atoms. The molecular weight excluding hydrogens is 269 g/mol. The van der Waals surface area contributed by atoms with Crippen LogP contribution in [0.3, 0.4) is 0 Å². The maximum absolute atomic E-state index is 12.5. The lowest BCUT2D eigenvalue weighted by molar-refractivity contribution is -0.176. The maximum atomic E-state index is 12.5. The van der Waals surface area contributed by atoms with E-state index in [2.05, 4.69) is 10.3 Å². The first-order chi connectivity index (χ1) is 9.28. The number of rotatable bonds is 1. The number of halogens is 3. The molecule has 1 saturated carbocycles. The number of carbonyl (C=O) groups excluding carboxylic acids is 1. The van der Waals surface area contributed by atoms with Gasteiger partial charge in [-0.15, -0.1) is 0 Å². The van der Waals surface area contributed by atoms with Crippen molar-refractivity contribution < 1.29 is 18.0 Å². The average molecular weight is 284 g/mol. The fraction of sp³-hybridized carbons (Fsp3) is 0.571. The molecule has 0 aromatic heterocycles. The second-order valence-corrected chi connectivity index (χ2v) is 5.82. The molecule has 108 valence electrons. The van der Waals surface area contributed by atoms with Gasteiger partial charge in [-0.05, 0) is 25.3 Å². The minimum atomic E-state index is -4.87. The van der Waals surface area contributed by atoms with Crippen molar-refractivity contribution in [1.29, 1.82) is 0 Å². The van der Waals surface area contributed by atoms with E-state index in [0.29, 0.717) is 6.42 Å². The SMILES string of the molecule is C[C@]12C=CC=CC1=N[C@@]1(NC(=O)C(F)(F)F)CCC[C@@H]21. The molecule has 3 aliphatic rings. The summed E-state index contributed by atoms with van der Waals surface area (Å²) in [6.45, 7) is 1.98. The Labute approximate surface area is 114 Å². The summed E-state index contributed by atoms with van der Waals surface area (Å²) < 4.78 is 37.6. The predicted molar refractivity (Wildman–Crippen MR) is 68.1 cm³/mol. The lowest BCUT2D eigenvalue weighted by Crippen LogP contribution is -2.54. The van der Waals surface area contributed by atoms with E-state index in [4.69, 9.17) is 0 Å². The van der Waals surface area contributed by atoms with E-state index in [1.807, 2.05) is 31.2 Å². The summed E-state index contributed by atoms with van der Waals surface area (Å²) in [4.78, 5) is 15.8. The van der Waals surface area contributed by atoms with Gasteiger partial charge < -0.3 is 5.32 Å². The van der Waals surface area contributed by atoms with E-state index in [0.717, 1.165) is 18.6 Å². The van der Waals surface area contributed by atoms with Crippen LogP contribution in [0.2, 0.25) is 0 Å². The molecule has 3 rings (SSSR count). The Morgan fingerprint density at radius 2 is 2.20 bits per heavy atom. The Morgan fingerprint density at radius 1 is 1.45 bits per heavy atom. The third-order valence-electron chi connectivity index (χ3n) is 4.62. The minimum Gasteiger partial charge on any atom is -0.324 e. The summed E-state index contributed by atoms with van der Waals surface area (Å²) >= 11 is 0. The molecule has 2 aliphatic carbocycles. The minimum absolute atomic E-state index is 0.113. The van der Waals surface area contributed by atoms with Crippen molar-refractivity contribution in [1.82, 2.24) is 5.32 Å². The fourth-order valence-corrected chi connectivity index (χ4v) is 3.70. The van der Waals surface area contributed by atoms with Crippen molar-refractivity contribution in [2.24, 2.45) is 16.3 Å². The van der Waals surface area contributed by atoms with Gasteiger partial charge in [0, 0.05) is 17.0 Å². The molecule has 0 aromatic rings. The number of allylic oxidation sites excluding steroid dienone is 4. The van der Waals surface area contributed by atoms with Gasteiger partial charge in [0.1, 0.15) is 5.66 Å². The number of carbonyl (C=O) groups is 1. The quantitative estimate of drug-likeness (QED) is 0.790. The summed E-state index contributed by atoms with van der Waals surface area (Å²) in [7, 11) is 0. The molecule has 3 atom stereocenters. The molecular formula is C14H15F3N2O. The predicted octanol–water partition coefficient (Wildman–Crippen LogP) is 2.75. The molecule has 1 fully saturated rings. The van der Waals surface area contributed by atoms with Crippen LogP contribution in [-0.2, 0) is 4.79 Å². The van der Waals surface area contributed by atoms with Crippen molar-refractivity contribution in [3.8, 4) is 0 Å². The Bertz CT molecular complexity index is 549. The van der Waals surface area contributed by atoms with Crippen LogP contribution in [0, 0.1) is 11.3 Å². The zero-order valence-electron chi connectivity index (χ0n) is 11.0. The van der Waals surface area contributed by atoms with E-state index in [9.17, 15) is 18.0 Å². The van der Waals surface area contributed by atoms with Crippen molar-refractivity contribution in [2.75, 3.05) is 0 Å². The third-order valence-corrected chi connectivity index (χ3v) is 4.62. The Balaban J connectivity index is 1.97. The van der Waals surface area contributed by atoms with Gasteiger partial charge >= 0.3 is 12.1 Å². The zero-order chi connectivity index (χ0) is 14.6. The van der Waals surface area contributed by atoms with Crippen molar-refractivity contribution in [3.05, 3.63) is 24.3 Å². The van der Waals surface area contributed by atoms with Gasteiger partial charge in [0.15, 0.2) is 0 Å². The number of alkyl halides is 3. The first-order valence-electron chi connectivity index (χ1n) is 6.63. The van der Waals surface area contributed by atoms with E-state index in [1.54, 1.807) is 0 Å². The number of nitrogens with one attached hydrogen (secondary N) is 1. The average Bonchev–Trinajstić information content (AvgIpc) is 2.83. The normalized spacial score (nSPS) is 38.4. The summed E-state index contributed by atoms with van der Waals surface area (Å²) in [6, 6.07) is 0. The Morgan fingerprint density at radius 3 is 2.90 bits per heavy atom. The number of nitrogens with zero attached hydrogens (tertiary/aromatic N) is 1. The largest absolute Gasteiger partial charge is 0.471 e. The lowest BCUT2D eigenvalue weighted by atomic mass is 9.70. The number of hydrogen-bond donors (Lipinski definition) is 1. The molecule has 0 aromatic carbocycles. The van der Waals surface area contributed by atoms with Crippen molar-refractivity contribution in [2.45, 2.75) is 38.0 Å². The fourth-order valence-electron chi connectivity index (χ4n) is 3.70. The second-order valence-electron chi connectivity index (χ2n) is 5.82. The third kappa shape index (κ3) is 1.73. The van der Waals surface area contributed by atoms with Gasteiger partial charge in [0.2, 0.25) is 0 Å². The van der Waals surface area contributed by atoms with Gasteiger partial charge in [-0.1, -0.05) is 25.2 Å². The molecule has 1 heterocycles. The second kappa shape index (κ2) is 3.96. The van der Waals surface area contributed by atoms with Crippen molar-refractivity contribution in [3.63, 3.8) is 0 Å². The molecule has 0 spiro atoms. The van der Waals surface area contributed by atoms with Crippen LogP contribution in [0.25, 0.3) is 0 Å². The molecule has 6 heteroatoms. The standard InChI is InChI=1S/C14H15F3N2O/c1-12-7-3-2-6-10(12)18-13(8-4-5-9(12)13)19-11(20)14(15,16)17/h2-3,6-7,9H,4-5,8H2,1H3,(H,19,20)/t9-,12+,13+/m0/s1. The molecule has 1 N–H and O–H groups in total. The van der Waals surface area contributed by atoms with Gasteiger partial charge in [-0.25, -0.2) is 0 Å². The number of aliphatic imine (C=N–C) groups is 1. The first kappa shape index (κ1) is 13.4. The first-order valence-corrected chi connectivity index (χ1v) is 6.63. The van der Waals surface area contributed by atoms with Crippen LogP contribution in [0.4, 0.5) is 13.2 Å². The smallest absolute Gasteiger partial charge is 0.324 e. The molecule has 1 aliphatic heterocycles. The monoisotopic (exact) mass is 284 g/mol. The number of fused-ring (bicyclic) bond motifs is 3. The highest BCUT2D eigenvalue weighted by Crippen LogP contribution is 2.54. The van der Waals surface area contributed by atoms with Crippen LogP contribution >= 0.6 is 0 Å². The van der Waals surface area contributed by atoms with Crippen LogP contribution in [0.15, 0.2) is 29.3 Å². The molecule has 0 saturated heterocycles. The summed E-state index contributed by atoms with van der Waals surface area (Å²) in [5, 5.41) is 2.16. The Kier molecular flexibility index (Phi) is 2.65. The number of hydrogen-bond acceptors (Lipinski definition) is 2. The lowest BCUT2D eigenvalue weighted by Gasteiger charge is -2.35. The molecule has 0 bridgehead atoms. The Hall–Kier alpha value is -1.59. The zero-order valence-corrected chi connectivity index (χ0v) is 11.0. The van der Waals surface area contributed by atoms with E-state index < -0.39 is 17.7 Å². The maximum Gasteiger partial charge on any atom is 0.471 e. The topological polar surface area (TPSA) is 41.5 Å². The summed E-state index contributed by atoms with van der Waals surface area (Å²) in [6.07, 6.45) is 4.62. The van der Waals surface area contributed by atoms with Gasteiger partial charge in [-0.3, -0.25) is 9.79 Å². The van der Waals surface area contributed by atoms with Crippen LogP contribution in [0.1, 0.15) is 26.2 Å². The summed E-state index contributed by atoms with van der Waals surface area (Å²) in [5.41, 5.74) is -0.730. The van der Waals surface area contributed by atoms with E-state index in [1.165, 1.54) is 0 Å².